The normalized spacial score (nSPS) is 19.1. The summed E-state index contributed by atoms with van der Waals surface area (Å²) < 4.78 is 10.7. The van der Waals surface area contributed by atoms with Crippen LogP contribution in [0.3, 0.4) is 0 Å². The van der Waals surface area contributed by atoms with E-state index in [0.29, 0.717) is 19.1 Å². The summed E-state index contributed by atoms with van der Waals surface area (Å²) in [4.78, 5) is 14.6. The summed E-state index contributed by atoms with van der Waals surface area (Å²) in [6, 6.07) is 16.5. The van der Waals surface area contributed by atoms with E-state index < -0.39 is 0 Å². The minimum absolute atomic E-state index is 0.0560. The molecule has 0 aliphatic carbocycles. The zero-order valence-corrected chi connectivity index (χ0v) is 14.1. The summed E-state index contributed by atoms with van der Waals surface area (Å²) in [5.41, 5.74) is 2.31. The molecule has 2 aliphatic rings. The molecule has 0 aromatic heterocycles. The number of fused-ring (bicyclic) bond motifs is 1. The second-order valence-corrected chi connectivity index (χ2v) is 6.50. The fourth-order valence-electron chi connectivity index (χ4n) is 3.56. The number of likely N-dealkylation sites (tertiary alicyclic amines) is 1. The van der Waals surface area contributed by atoms with E-state index in [0.717, 1.165) is 36.4 Å². The third kappa shape index (κ3) is 3.61. The molecule has 1 unspecified atom stereocenters. The molecular weight excluding hydrogens is 316 g/mol. The Kier molecular flexibility index (Phi) is 4.57. The first-order valence-electron chi connectivity index (χ1n) is 8.74. The van der Waals surface area contributed by atoms with E-state index in [2.05, 4.69) is 34.5 Å². The van der Waals surface area contributed by atoms with Crippen molar-refractivity contribution >= 4 is 5.91 Å². The number of carbonyl (C=O) groups is 1. The van der Waals surface area contributed by atoms with Crippen molar-refractivity contribution in [3.8, 4) is 11.5 Å². The molecule has 5 heteroatoms. The molecule has 4 rings (SSSR count). The van der Waals surface area contributed by atoms with Crippen molar-refractivity contribution in [3.63, 3.8) is 0 Å². The van der Waals surface area contributed by atoms with Crippen LogP contribution >= 0.6 is 0 Å². The molecule has 130 valence electrons. The van der Waals surface area contributed by atoms with Crippen LogP contribution in [0.25, 0.3) is 0 Å². The second kappa shape index (κ2) is 7.15. The van der Waals surface area contributed by atoms with Crippen molar-refractivity contribution in [3.05, 3.63) is 59.7 Å². The molecule has 1 fully saturated rings. The first-order valence-corrected chi connectivity index (χ1v) is 8.74. The summed E-state index contributed by atoms with van der Waals surface area (Å²) in [7, 11) is 0. The average Bonchev–Trinajstić information content (AvgIpc) is 3.29. The Labute approximate surface area is 147 Å². The third-order valence-electron chi connectivity index (χ3n) is 4.82. The number of nitrogens with one attached hydrogen (secondary N) is 1. The van der Waals surface area contributed by atoms with Crippen LogP contribution in [0.4, 0.5) is 0 Å². The molecule has 25 heavy (non-hydrogen) atoms. The monoisotopic (exact) mass is 338 g/mol. The maximum atomic E-state index is 12.4. The fourth-order valence-corrected chi connectivity index (χ4v) is 3.56. The van der Waals surface area contributed by atoms with Gasteiger partial charge in [-0.1, -0.05) is 36.4 Å². The number of amides is 1. The average molecular weight is 338 g/mol. The first kappa shape index (κ1) is 16.0. The van der Waals surface area contributed by atoms with Crippen molar-refractivity contribution in [1.82, 2.24) is 10.2 Å². The van der Waals surface area contributed by atoms with Crippen molar-refractivity contribution in [2.24, 2.45) is 0 Å². The van der Waals surface area contributed by atoms with Gasteiger partial charge in [-0.15, -0.1) is 0 Å². The number of rotatable bonds is 5. The summed E-state index contributed by atoms with van der Waals surface area (Å²) in [6.07, 6.45) is 2.24. The van der Waals surface area contributed by atoms with Crippen LogP contribution < -0.4 is 14.8 Å². The van der Waals surface area contributed by atoms with Gasteiger partial charge in [-0.2, -0.15) is 0 Å². The number of ether oxygens (including phenoxy) is 2. The van der Waals surface area contributed by atoms with Gasteiger partial charge in [-0.05, 0) is 42.6 Å². The summed E-state index contributed by atoms with van der Waals surface area (Å²) in [5, 5.41) is 3.01. The highest BCUT2D eigenvalue weighted by Gasteiger charge is 2.27. The molecule has 1 N–H and O–H groups in total. The lowest BCUT2D eigenvalue weighted by Crippen LogP contribution is -2.36. The standard InChI is InChI=1S/C20H22N2O3/c23-20(21-12-15-8-9-18-19(11-15)25-14-24-18)13-22-10-4-7-17(22)16-5-2-1-3-6-16/h1-3,5-6,8-9,11,17H,4,7,10,12-14H2,(H,21,23). The number of hydrogen-bond donors (Lipinski definition) is 1. The highest BCUT2D eigenvalue weighted by atomic mass is 16.7. The van der Waals surface area contributed by atoms with E-state index in [1.807, 2.05) is 24.3 Å². The van der Waals surface area contributed by atoms with Crippen molar-refractivity contribution in [2.45, 2.75) is 25.4 Å². The van der Waals surface area contributed by atoms with Crippen LogP contribution in [0.2, 0.25) is 0 Å². The lowest BCUT2D eigenvalue weighted by atomic mass is 10.0. The molecule has 2 aliphatic heterocycles. The molecule has 0 radical (unpaired) electrons. The van der Waals surface area contributed by atoms with E-state index in [1.54, 1.807) is 0 Å². The molecule has 1 atom stereocenters. The first-order chi connectivity index (χ1) is 12.3. The van der Waals surface area contributed by atoms with E-state index in [4.69, 9.17) is 9.47 Å². The largest absolute Gasteiger partial charge is 0.454 e. The molecule has 0 spiro atoms. The van der Waals surface area contributed by atoms with Crippen LogP contribution in [0.15, 0.2) is 48.5 Å². The molecule has 0 bridgehead atoms. The van der Waals surface area contributed by atoms with E-state index in [-0.39, 0.29) is 12.7 Å². The highest BCUT2D eigenvalue weighted by molar-refractivity contribution is 5.78. The summed E-state index contributed by atoms with van der Waals surface area (Å²) >= 11 is 0. The molecule has 1 amide bonds. The fraction of sp³-hybridized carbons (Fsp3) is 0.350. The van der Waals surface area contributed by atoms with Gasteiger partial charge >= 0.3 is 0 Å². The van der Waals surface area contributed by atoms with E-state index >= 15 is 0 Å². The Balaban J connectivity index is 1.33. The van der Waals surface area contributed by atoms with Gasteiger partial charge in [0.2, 0.25) is 12.7 Å². The number of benzene rings is 2. The quantitative estimate of drug-likeness (QED) is 0.911. The van der Waals surface area contributed by atoms with Gasteiger partial charge in [0.15, 0.2) is 11.5 Å². The Morgan fingerprint density at radius 1 is 1.12 bits per heavy atom. The number of carbonyl (C=O) groups excluding carboxylic acids is 1. The SMILES string of the molecule is O=C(CN1CCCC1c1ccccc1)NCc1ccc2c(c1)OCO2. The predicted octanol–water partition coefficient (Wildman–Crippen LogP) is 2.87. The summed E-state index contributed by atoms with van der Waals surface area (Å²) in [6.45, 7) is 2.17. The Hall–Kier alpha value is -2.53. The van der Waals surface area contributed by atoms with Gasteiger partial charge in [-0.3, -0.25) is 9.69 Å². The van der Waals surface area contributed by atoms with Crippen molar-refractivity contribution < 1.29 is 14.3 Å². The Morgan fingerprint density at radius 2 is 1.96 bits per heavy atom. The van der Waals surface area contributed by atoms with Crippen LogP contribution in [0.5, 0.6) is 11.5 Å². The second-order valence-electron chi connectivity index (χ2n) is 6.50. The van der Waals surface area contributed by atoms with Gasteiger partial charge in [0.05, 0.1) is 6.54 Å². The Morgan fingerprint density at radius 3 is 2.84 bits per heavy atom. The highest BCUT2D eigenvalue weighted by Crippen LogP contribution is 2.33. The minimum atomic E-state index is 0.0560. The molecule has 2 aromatic rings. The molecule has 0 saturated carbocycles. The van der Waals surface area contributed by atoms with Gasteiger partial charge in [0, 0.05) is 12.6 Å². The van der Waals surface area contributed by atoms with Crippen LogP contribution in [0.1, 0.15) is 30.0 Å². The minimum Gasteiger partial charge on any atom is -0.454 e. The number of hydrogen-bond acceptors (Lipinski definition) is 4. The lowest BCUT2D eigenvalue weighted by molar-refractivity contribution is -0.122. The zero-order valence-electron chi connectivity index (χ0n) is 14.1. The topological polar surface area (TPSA) is 50.8 Å². The van der Waals surface area contributed by atoms with Crippen LogP contribution in [0, 0.1) is 0 Å². The van der Waals surface area contributed by atoms with Crippen molar-refractivity contribution in [1.29, 1.82) is 0 Å². The van der Waals surface area contributed by atoms with Gasteiger partial charge in [-0.25, -0.2) is 0 Å². The number of nitrogens with zero attached hydrogens (tertiary/aromatic N) is 1. The molecule has 2 heterocycles. The predicted molar refractivity (Wildman–Crippen MR) is 94.4 cm³/mol. The lowest BCUT2D eigenvalue weighted by Gasteiger charge is -2.24. The maximum absolute atomic E-state index is 12.4. The molecule has 5 nitrogen and oxygen atoms in total. The van der Waals surface area contributed by atoms with Crippen LogP contribution in [-0.4, -0.2) is 30.7 Å². The Bertz CT molecular complexity index is 748. The van der Waals surface area contributed by atoms with E-state index in [1.165, 1.54) is 5.56 Å². The van der Waals surface area contributed by atoms with Crippen molar-refractivity contribution in [2.75, 3.05) is 19.9 Å². The summed E-state index contributed by atoms with van der Waals surface area (Å²) in [5.74, 6) is 1.56. The smallest absolute Gasteiger partial charge is 0.234 e. The third-order valence-corrected chi connectivity index (χ3v) is 4.82. The zero-order chi connectivity index (χ0) is 17.1. The van der Waals surface area contributed by atoms with Gasteiger partial charge in [0.1, 0.15) is 0 Å². The van der Waals surface area contributed by atoms with Crippen LogP contribution in [-0.2, 0) is 11.3 Å². The molecule has 2 aromatic carbocycles. The molecular formula is C20H22N2O3. The molecule has 1 saturated heterocycles. The van der Waals surface area contributed by atoms with Gasteiger partial charge < -0.3 is 14.8 Å². The maximum Gasteiger partial charge on any atom is 0.234 e. The van der Waals surface area contributed by atoms with E-state index in [9.17, 15) is 4.79 Å². The van der Waals surface area contributed by atoms with Gasteiger partial charge in [0.25, 0.3) is 0 Å².